The van der Waals surface area contributed by atoms with Crippen molar-refractivity contribution in [3.05, 3.63) is 68.1 Å². The number of rotatable bonds is 7. The number of hydrogen-bond acceptors (Lipinski definition) is 6. The van der Waals surface area contributed by atoms with E-state index in [4.69, 9.17) is 5.73 Å². The van der Waals surface area contributed by atoms with Gasteiger partial charge in [0.15, 0.2) is 10.9 Å². The minimum atomic E-state index is -0.673. The molecule has 3 aromatic rings. The predicted molar refractivity (Wildman–Crippen MR) is 119 cm³/mol. The minimum Gasteiger partial charge on any atom is -0.384 e. The second-order valence-corrected chi connectivity index (χ2v) is 8.01. The molecule has 0 bridgehead atoms. The first-order valence-electron chi connectivity index (χ1n) is 9.63. The van der Waals surface area contributed by atoms with Crippen molar-refractivity contribution in [2.45, 2.75) is 38.9 Å². The van der Waals surface area contributed by atoms with Crippen LogP contribution in [-0.4, -0.2) is 30.2 Å². The van der Waals surface area contributed by atoms with Gasteiger partial charge in [-0.2, -0.15) is 0 Å². The molecule has 0 saturated carbocycles. The lowest BCUT2D eigenvalue weighted by molar-refractivity contribution is 0.102. The molecule has 0 atom stereocenters. The van der Waals surface area contributed by atoms with Crippen LogP contribution in [0, 0.1) is 13.8 Å². The zero-order valence-electron chi connectivity index (χ0n) is 17.5. The van der Waals surface area contributed by atoms with E-state index in [9.17, 15) is 14.4 Å². The van der Waals surface area contributed by atoms with Crippen LogP contribution < -0.4 is 17.0 Å². The van der Waals surface area contributed by atoms with Crippen LogP contribution in [0.3, 0.4) is 0 Å². The van der Waals surface area contributed by atoms with Crippen molar-refractivity contribution in [3.63, 3.8) is 0 Å². The lowest BCUT2D eigenvalue weighted by atomic mass is 10.1. The third kappa shape index (κ3) is 3.85. The largest absolute Gasteiger partial charge is 0.384 e. The van der Waals surface area contributed by atoms with E-state index in [2.05, 4.69) is 4.98 Å². The number of nitrogen functional groups attached to an aromatic ring is 1. The second kappa shape index (κ2) is 8.74. The Kier molecular flexibility index (Phi) is 6.31. The molecule has 2 N–H and O–H groups in total. The molecule has 9 heteroatoms. The summed E-state index contributed by atoms with van der Waals surface area (Å²) in [4.78, 5) is 42.1. The lowest BCUT2D eigenvalue weighted by Crippen LogP contribution is -2.42. The summed E-state index contributed by atoms with van der Waals surface area (Å²) in [6, 6.07) is 6.00. The topological polar surface area (TPSA) is 105 Å². The standard InChI is InChI=1S/C21H25N5O3S/c1-5-10-26-18(22)17(19(28)24(4)21(26)29)16(27)12-30-20-23-9-11-25(20)15-8-6-7-13(2)14(15)3/h6-9,11H,5,10,12,22H2,1-4H3. The van der Waals surface area contributed by atoms with Gasteiger partial charge in [-0.25, -0.2) is 9.78 Å². The molecule has 0 saturated heterocycles. The fraction of sp³-hybridized carbons (Fsp3) is 0.333. The van der Waals surface area contributed by atoms with E-state index in [-0.39, 0.29) is 17.1 Å². The van der Waals surface area contributed by atoms with Crippen LogP contribution >= 0.6 is 11.8 Å². The van der Waals surface area contributed by atoms with Gasteiger partial charge in [-0.1, -0.05) is 30.8 Å². The Labute approximate surface area is 178 Å². The fourth-order valence-electron chi connectivity index (χ4n) is 3.26. The number of carbonyl (C=O) groups excluding carboxylic acids is 1. The number of aromatic nitrogens is 4. The summed E-state index contributed by atoms with van der Waals surface area (Å²) >= 11 is 1.22. The predicted octanol–water partition coefficient (Wildman–Crippen LogP) is 2.32. The molecule has 2 aromatic heterocycles. The molecule has 158 valence electrons. The average molecular weight is 428 g/mol. The smallest absolute Gasteiger partial charge is 0.332 e. The van der Waals surface area contributed by atoms with Gasteiger partial charge in [-0.05, 0) is 37.5 Å². The molecule has 0 aliphatic heterocycles. The van der Waals surface area contributed by atoms with Gasteiger partial charge in [0.2, 0.25) is 0 Å². The molecule has 3 rings (SSSR count). The Morgan fingerprint density at radius 3 is 2.67 bits per heavy atom. The first-order valence-corrected chi connectivity index (χ1v) is 10.6. The van der Waals surface area contributed by atoms with Gasteiger partial charge in [-0.3, -0.25) is 23.3 Å². The molecule has 0 spiro atoms. The van der Waals surface area contributed by atoms with E-state index in [1.807, 2.05) is 49.7 Å². The van der Waals surface area contributed by atoms with Crippen molar-refractivity contribution in [2.75, 3.05) is 11.5 Å². The Bertz CT molecular complexity index is 1220. The summed E-state index contributed by atoms with van der Waals surface area (Å²) in [5.74, 6) is -0.530. The number of carbonyl (C=O) groups is 1. The van der Waals surface area contributed by atoms with Crippen molar-refractivity contribution < 1.29 is 4.79 Å². The number of Topliss-reactive ketones (excluding diaryl/α,β-unsaturated/α-hetero) is 1. The van der Waals surface area contributed by atoms with Crippen LogP contribution in [0.5, 0.6) is 0 Å². The Morgan fingerprint density at radius 1 is 1.23 bits per heavy atom. The first kappa shape index (κ1) is 21.6. The van der Waals surface area contributed by atoms with Crippen LogP contribution in [0.1, 0.15) is 34.8 Å². The van der Waals surface area contributed by atoms with Crippen LogP contribution in [0.2, 0.25) is 0 Å². The van der Waals surface area contributed by atoms with Gasteiger partial charge < -0.3 is 5.73 Å². The van der Waals surface area contributed by atoms with Gasteiger partial charge in [0.05, 0.1) is 11.4 Å². The molecule has 0 radical (unpaired) electrons. The molecule has 0 fully saturated rings. The van der Waals surface area contributed by atoms with Gasteiger partial charge in [-0.15, -0.1) is 0 Å². The highest BCUT2D eigenvalue weighted by Crippen LogP contribution is 2.25. The third-order valence-electron chi connectivity index (χ3n) is 5.08. The number of aryl methyl sites for hydroxylation is 1. The maximum atomic E-state index is 12.9. The van der Waals surface area contributed by atoms with Crippen LogP contribution in [0.25, 0.3) is 5.69 Å². The van der Waals surface area contributed by atoms with Crippen LogP contribution in [0.4, 0.5) is 5.82 Å². The van der Waals surface area contributed by atoms with Gasteiger partial charge >= 0.3 is 5.69 Å². The van der Waals surface area contributed by atoms with Crippen molar-refractivity contribution in [3.8, 4) is 5.69 Å². The van der Waals surface area contributed by atoms with Gasteiger partial charge in [0.25, 0.3) is 5.56 Å². The summed E-state index contributed by atoms with van der Waals surface area (Å²) in [5, 5.41) is 0.634. The fourth-order valence-corrected chi connectivity index (χ4v) is 4.10. The number of thioether (sulfide) groups is 1. The molecule has 2 heterocycles. The van der Waals surface area contributed by atoms with Crippen LogP contribution in [-0.2, 0) is 13.6 Å². The maximum Gasteiger partial charge on any atom is 0.332 e. The maximum absolute atomic E-state index is 12.9. The van der Waals surface area contributed by atoms with E-state index >= 15 is 0 Å². The third-order valence-corrected chi connectivity index (χ3v) is 6.05. The van der Waals surface area contributed by atoms with E-state index in [1.54, 1.807) is 6.20 Å². The summed E-state index contributed by atoms with van der Waals surface area (Å²) in [5.41, 5.74) is 7.96. The second-order valence-electron chi connectivity index (χ2n) is 7.07. The number of nitrogens with zero attached hydrogens (tertiary/aromatic N) is 4. The Hall–Kier alpha value is -3.07. The molecular weight excluding hydrogens is 402 g/mol. The van der Waals surface area contributed by atoms with Crippen molar-refractivity contribution in [2.24, 2.45) is 7.05 Å². The number of nitrogens with two attached hydrogens (primary N) is 1. The zero-order valence-corrected chi connectivity index (χ0v) is 18.3. The van der Waals surface area contributed by atoms with E-state index in [1.165, 1.54) is 23.4 Å². The number of benzene rings is 1. The van der Waals surface area contributed by atoms with Crippen molar-refractivity contribution in [1.29, 1.82) is 0 Å². The average Bonchev–Trinajstić information content (AvgIpc) is 3.18. The zero-order chi connectivity index (χ0) is 22.0. The SMILES string of the molecule is CCCn1c(N)c(C(=O)CSc2nccn2-c2cccc(C)c2C)c(=O)n(C)c1=O. The van der Waals surface area contributed by atoms with Gasteiger partial charge in [0, 0.05) is 26.0 Å². The first-order chi connectivity index (χ1) is 14.3. The van der Waals surface area contributed by atoms with Crippen molar-refractivity contribution >= 4 is 23.4 Å². The molecule has 8 nitrogen and oxygen atoms in total. The molecule has 0 unspecified atom stereocenters. The van der Waals surface area contributed by atoms with E-state index in [0.717, 1.165) is 21.4 Å². The molecule has 0 amide bonds. The van der Waals surface area contributed by atoms with Crippen LogP contribution in [0.15, 0.2) is 45.3 Å². The molecule has 1 aromatic carbocycles. The quantitative estimate of drug-likeness (QED) is 0.458. The van der Waals surface area contributed by atoms with E-state index < -0.39 is 17.0 Å². The highest BCUT2D eigenvalue weighted by molar-refractivity contribution is 7.99. The molecule has 0 aliphatic carbocycles. The molecule has 30 heavy (non-hydrogen) atoms. The number of hydrogen-bond donors (Lipinski definition) is 1. The van der Waals surface area contributed by atoms with E-state index in [0.29, 0.717) is 18.1 Å². The normalized spacial score (nSPS) is 11.1. The Morgan fingerprint density at radius 2 is 1.97 bits per heavy atom. The number of ketones is 1. The number of imidazole rings is 1. The lowest BCUT2D eigenvalue weighted by Gasteiger charge is -2.14. The minimum absolute atomic E-state index is 0.0222. The molecular formula is C21H25N5O3S. The Balaban J connectivity index is 1.92. The highest BCUT2D eigenvalue weighted by Gasteiger charge is 2.22. The summed E-state index contributed by atoms with van der Waals surface area (Å²) < 4.78 is 4.12. The highest BCUT2D eigenvalue weighted by atomic mass is 32.2. The van der Waals surface area contributed by atoms with Crippen molar-refractivity contribution in [1.82, 2.24) is 18.7 Å². The summed E-state index contributed by atoms with van der Waals surface area (Å²) in [7, 11) is 1.35. The molecule has 0 aliphatic rings. The summed E-state index contributed by atoms with van der Waals surface area (Å²) in [6.07, 6.45) is 4.16. The van der Waals surface area contributed by atoms with Gasteiger partial charge in [0.1, 0.15) is 11.4 Å². The summed E-state index contributed by atoms with van der Waals surface area (Å²) in [6.45, 7) is 6.30. The monoisotopic (exact) mass is 427 g/mol. The number of anilines is 1.